The number of aromatic nitrogens is 3. The van der Waals surface area contributed by atoms with E-state index >= 15 is 0 Å². The summed E-state index contributed by atoms with van der Waals surface area (Å²) in [5, 5.41) is 11.1. The number of rotatable bonds is 7. The zero-order valence-electron chi connectivity index (χ0n) is 13.0. The Morgan fingerprint density at radius 1 is 1.43 bits per heavy atom. The molecule has 2 heterocycles. The molecule has 3 amide bonds. The van der Waals surface area contributed by atoms with Crippen LogP contribution in [0.2, 0.25) is 0 Å². The molecule has 2 aromatic heterocycles. The van der Waals surface area contributed by atoms with E-state index in [1.54, 1.807) is 12.3 Å². The smallest absolute Gasteiger partial charge is 0.318 e. The minimum atomic E-state index is -0.844. The predicted octanol–water partition coefficient (Wildman–Crippen LogP) is 1.87. The van der Waals surface area contributed by atoms with Gasteiger partial charge in [0.1, 0.15) is 0 Å². The van der Waals surface area contributed by atoms with Crippen LogP contribution in [0.5, 0.6) is 0 Å². The number of hydrogen-bond acceptors (Lipinski definition) is 6. The van der Waals surface area contributed by atoms with Gasteiger partial charge >= 0.3 is 6.03 Å². The van der Waals surface area contributed by atoms with Crippen molar-refractivity contribution in [2.75, 3.05) is 5.75 Å². The van der Waals surface area contributed by atoms with Gasteiger partial charge in [-0.1, -0.05) is 25.6 Å². The van der Waals surface area contributed by atoms with Gasteiger partial charge in [0.25, 0.3) is 0 Å². The van der Waals surface area contributed by atoms with E-state index in [-0.39, 0.29) is 6.42 Å². The van der Waals surface area contributed by atoms with E-state index in [0.717, 1.165) is 6.54 Å². The summed E-state index contributed by atoms with van der Waals surface area (Å²) in [4.78, 5) is 22.0. The normalized spacial score (nSPS) is 10.9. The molecular formula is C14H19N5O3S. The van der Waals surface area contributed by atoms with Crippen LogP contribution in [0, 0.1) is 5.92 Å². The summed E-state index contributed by atoms with van der Waals surface area (Å²) >= 11 is 1.40. The van der Waals surface area contributed by atoms with Crippen molar-refractivity contribution in [3.63, 3.8) is 0 Å². The summed E-state index contributed by atoms with van der Waals surface area (Å²) in [5.41, 5.74) is 4.90. The fourth-order valence-electron chi connectivity index (χ4n) is 1.95. The summed E-state index contributed by atoms with van der Waals surface area (Å²) in [6, 6.07) is 2.78. The standard InChI is InChI=1S/C14H19N5O3S/c1-9(2)8-19-12(10-4-3-6-22-10)17-18-14(19)23-7-5-11(20)16-13(15)21/h3-4,6,9H,5,7-8H2,1-2H3,(H3,15,16,20,21). The molecule has 0 aliphatic carbocycles. The van der Waals surface area contributed by atoms with Crippen LogP contribution < -0.4 is 11.1 Å². The third-order valence-corrected chi connectivity index (χ3v) is 3.80. The zero-order chi connectivity index (χ0) is 16.8. The van der Waals surface area contributed by atoms with Gasteiger partial charge in [-0.3, -0.25) is 14.7 Å². The fourth-order valence-corrected chi connectivity index (χ4v) is 2.83. The van der Waals surface area contributed by atoms with Gasteiger partial charge in [-0.15, -0.1) is 10.2 Å². The summed E-state index contributed by atoms with van der Waals surface area (Å²) in [6.45, 7) is 4.93. The van der Waals surface area contributed by atoms with E-state index in [1.165, 1.54) is 11.8 Å². The maximum absolute atomic E-state index is 11.4. The second-order valence-electron chi connectivity index (χ2n) is 5.30. The predicted molar refractivity (Wildman–Crippen MR) is 85.6 cm³/mol. The van der Waals surface area contributed by atoms with Crippen molar-refractivity contribution in [2.45, 2.75) is 32.0 Å². The number of hydrogen-bond donors (Lipinski definition) is 2. The molecular weight excluding hydrogens is 318 g/mol. The highest BCUT2D eigenvalue weighted by molar-refractivity contribution is 7.99. The molecule has 0 aliphatic rings. The third-order valence-electron chi connectivity index (χ3n) is 2.83. The highest BCUT2D eigenvalue weighted by Gasteiger charge is 2.17. The lowest BCUT2D eigenvalue weighted by Gasteiger charge is -2.11. The third kappa shape index (κ3) is 4.85. The Morgan fingerprint density at radius 3 is 2.83 bits per heavy atom. The lowest BCUT2D eigenvalue weighted by molar-refractivity contribution is -0.119. The van der Waals surface area contributed by atoms with Gasteiger partial charge in [-0.25, -0.2) is 4.79 Å². The van der Waals surface area contributed by atoms with Crippen LogP contribution >= 0.6 is 11.8 Å². The van der Waals surface area contributed by atoms with Crippen LogP contribution in [0.1, 0.15) is 20.3 Å². The zero-order valence-corrected chi connectivity index (χ0v) is 13.8. The van der Waals surface area contributed by atoms with E-state index in [9.17, 15) is 9.59 Å². The molecule has 0 fully saturated rings. The summed E-state index contributed by atoms with van der Waals surface area (Å²) < 4.78 is 7.37. The molecule has 0 saturated heterocycles. The second kappa shape index (κ2) is 7.82. The van der Waals surface area contributed by atoms with Gasteiger partial charge in [0.15, 0.2) is 16.7 Å². The summed E-state index contributed by atoms with van der Waals surface area (Å²) in [5.74, 6) is 1.76. The molecule has 0 radical (unpaired) electrons. The van der Waals surface area contributed by atoms with E-state index < -0.39 is 11.9 Å². The molecule has 0 saturated carbocycles. The topological polar surface area (TPSA) is 116 Å². The highest BCUT2D eigenvalue weighted by atomic mass is 32.2. The first kappa shape index (κ1) is 17.1. The van der Waals surface area contributed by atoms with Gasteiger partial charge in [0.05, 0.1) is 6.26 Å². The van der Waals surface area contributed by atoms with Crippen molar-refractivity contribution in [3.8, 4) is 11.6 Å². The molecule has 0 aliphatic heterocycles. The lowest BCUT2D eigenvalue weighted by atomic mass is 10.2. The molecule has 8 nitrogen and oxygen atoms in total. The van der Waals surface area contributed by atoms with Crippen molar-refractivity contribution in [2.24, 2.45) is 11.7 Å². The number of amides is 3. The average molecular weight is 337 g/mol. The van der Waals surface area contributed by atoms with Crippen LogP contribution in [0.25, 0.3) is 11.6 Å². The fraction of sp³-hybridized carbons (Fsp3) is 0.429. The Balaban J connectivity index is 2.06. The second-order valence-corrected chi connectivity index (χ2v) is 6.36. The van der Waals surface area contributed by atoms with E-state index in [0.29, 0.717) is 28.4 Å². The number of carbonyl (C=O) groups excluding carboxylic acids is 2. The van der Waals surface area contributed by atoms with Crippen LogP contribution in [0.3, 0.4) is 0 Å². The van der Waals surface area contributed by atoms with Gasteiger partial charge in [-0.05, 0) is 18.1 Å². The number of carbonyl (C=O) groups is 2. The Bertz CT molecular complexity index is 666. The number of primary amides is 1. The molecule has 124 valence electrons. The minimum absolute atomic E-state index is 0.165. The van der Waals surface area contributed by atoms with Crippen molar-refractivity contribution >= 4 is 23.7 Å². The van der Waals surface area contributed by atoms with Crippen LogP contribution in [0.15, 0.2) is 28.0 Å². The molecule has 0 atom stereocenters. The highest BCUT2D eigenvalue weighted by Crippen LogP contribution is 2.25. The largest absolute Gasteiger partial charge is 0.461 e. The first-order valence-electron chi connectivity index (χ1n) is 7.16. The van der Waals surface area contributed by atoms with Crippen molar-refractivity contribution < 1.29 is 14.0 Å². The SMILES string of the molecule is CC(C)Cn1c(SCCC(=O)NC(N)=O)nnc1-c1ccco1. The van der Waals surface area contributed by atoms with Crippen molar-refractivity contribution in [1.82, 2.24) is 20.1 Å². The Labute approximate surface area is 137 Å². The Morgan fingerprint density at radius 2 is 2.22 bits per heavy atom. The van der Waals surface area contributed by atoms with Crippen molar-refractivity contribution in [3.05, 3.63) is 18.4 Å². The van der Waals surface area contributed by atoms with Gasteiger partial charge in [-0.2, -0.15) is 0 Å². The van der Waals surface area contributed by atoms with E-state index in [1.807, 2.05) is 16.0 Å². The summed E-state index contributed by atoms with van der Waals surface area (Å²) in [6.07, 6.45) is 1.75. The van der Waals surface area contributed by atoms with E-state index in [4.69, 9.17) is 10.2 Å². The first-order chi connectivity index (χ1) is 11.0. The quantitative estimate of drug-likeness (QED) is 0.745. The first-order valence-corrected chi connectivity index (χ1v) is 8.15. The average Bonchev–Trinajstić information content (AvgIpc) is 3.07. The molecule has 2 aromatic rings. The molecule has 2 rings (SSSR count). The van der Waals surface area contributed by atoms with E-state index in [2.05, 4.69) is 24.0 Å². The van der Waals surface area contributed by atoms with Crippen LogP contribution in [-0.2, 0) is 11.3 Å². The van der Waals surface area contributed by atoms with Crippen LogP contribution in [-0.4, -0.2) is 32.5 Å². The number of imide groups is 1. The van der Waals surface area contributed by atoms with Gasteiger partial charge in [0.2, 0.25) is 5.91 Å². The summed E-state index contributed by atoms with van der Waals surface area (Å²) in [7, 11) is 0. The maximum atomic E-state index is 11.4. The Hall–Kier alpha value is -2.29. The molecule has 3 N–H and O–H groups in total. The van der Waals surface area contributed by atoms with Crippen LogP contribution in [0.4, 0.5) is 4.79 Å². The minimum Gasteiger partial charge on any atom is -0.461 e. The van der Waals surface area contributed by atoms with Gasteiger partial charge < -0.3 is 10.2 Å². The molecule has 23 heavy (non-hydrogen) atoms. The number of nitrogens with zero attached hydrogens (tertiary/aromatic N) is 3. The van der Waals surface area contributed by atoms with Crippen molar-refractivity contribution in [1.29, 1.82) is 0 Å². The number of urea groups is 1. The molecule has 0 unspecified atom stereocenters. The number of nitrogens with two attached hydrogens (primary N) is 1. The Kier molecular flexibility index (Phi) is 5.80. The monoisotopic (exact) mass is 337 g/mol. The molecule has 9 heteroatoms. The molecule has 0 spiro atoms. The lowest BCUT2D eigenvalue weighted by Crippen LogP contribution is -2.35. The molecule has 0 aromatic carbocycles. The molecule has 0 bridgehead atoms. The van der Waals surface area contributed by atoms with Gasteiger partial charge in [0, 0.05) is 18.7 Å². The maximum Gasteiger partial charge on any atom is 0.318 e. The number of nitrogens with one attached hydrogen (secondary N) is 1. The number of furan rings is 1. The number of thioether (sulfide) groups is 1.